The molecule has 0 radical (unpaired) electrons. The number of aliphatic carboxylic acids is 2. The van der Waals surface area contributed by atoms with Crippen molar-refractivity contribution < 1.29 is 47.6 Å². The van der Waals surface area contributed by atoms with Crippen LogP contribution in [0.4, 0.5) is 0 Å². The number of fused-ring (bicyclic) bond motifs is 1. The largest absolute Gasteiger partial charge is 0.493 e. The highest BCUT2D eigenvalue weighted by Crippen LogP contribution is 2.26. The molecule has 11 heteroatoms. The number of hydrogen-bond donors (Lipinski definition) is 2. The normalized spacial score (nSPS) is 12.0. The zero-order chi connectivity index (χ0) is 43.0. The first-order chi connectivity index (χ1) is 29.7. The summed E-state index contributed by atoms with van der Waals surface area (Å²) < 4.78 is 34.0. The van der Waals surface area contributed by atoms with Crippen LogP contribution in [0.3, 0.4) is 0 Å². The second-order valence-electron chi connectivity index (χ2n) is 14.3. The maximum atomic E-state index is 11.3. The van der Waals surface area contributed by atoms with Gasteiger partial charge in [0.1, 0.15) is 35.2 Å². The molecule has 0 aliphatic carbocycles. The Morgan fingerprint density at radius 1 is 0.639 bits per heavy atom. The van der Waals surface area contributed by atoms with Gasteiger partial charge < -0.3 is 38.0 Å². The third-order valence-corrected chi connectivity index (χ3v) is 9.75. The van der Waals surface area contributed by atoms with E-state index in [2.05, 4.69) is 4.98 Å². The summed E-state index contributed by atoms with van der Waals surface area (Å²) in [6, 6.07) is 43.1. The van der Waals surface area contributed by atoms with E-state index >= 15 is 0 Å². The summed E-state index contributed by atoms with van der Waals surface area (Å²) in [5.74, 6) is 1.91. The second kappa shape index (κ2) is 22.1. The van der Waals surface area contributed by atoms with Crippen molar-refractivity contribution in [3.63, 3.8) is 0 Å². The zero-order valence-corrected chi connectivity index (χ0v) is 34.6. The van der Waals surface area contributed by atoms with Crippen LogP contribution in [-0.4, -0.2) is 59.2 Å². The predicted octanol–water partition coefficient (Wildman–Crippen LogP) is 9.94. The quantitative estimate of drug-likeness (QED) is 0.0756. The highest BCUT2D eigenvalue weighted by atomic mass is 16.5. The molecule has 7 aromatic rings. The van der Waals surface area contributed by atoms with Gasteiger partial charge in [-0.1, -0.05) is 78.9 Å². The molecule has 0 saturated heterocycles. The van der Waals surface area contributed by atoms with Gasteiger partial charge in [0.05, 0.1) is 12.3 Å². The van der Waals surface area contributed by atoms with Gasteiger partial charge in [-0.05, 0) is 97.6 Å². The Morgan fingerprint density at radius 2 is 1.21 bits per heavy atom. The number of carbonyl (C=O) groups is 2. The van der Waals surface area contributed by atoms with E-state index in [1.54, 1.807) is 13.8 Å². The maximum Gasteiger partial charge on any atom is 0.333 e. The van der Waals surface area contributed by atoms with Crippen molar-refractivity contribution >= 4 is 22.9 Å². The Balaban J connectivity index is 0.000000205. The number of aryl methyl sites for hydroxylation is 1. The summed E-state index contributed by atoms with van der Waals surface area (Å²) in [5.41, 5.74) is 6.66. The Bertz CT molecular complexity index is 2420. The third-order valence-electron chi connectivity index (χ3n) is 9.75. The number of carboxylic acid groups (broad SMARTS) is 2. The molecule has 7 rings (SSSR count). The number of carboxylic acids is 2. The van der Waals surface area contributed by atoms with Crippen LogP contribution in [0.2, 0.25) is 0 Å². The van der Waals surface area contributed by atoms with Crippen molar-refractivity contribution in [2.75, 3.05) is 19.8 Å². The van der Waals surface area contributed by atoms with E-state index in [9.17, 15) is 19.8 Å². The summed E-state index contributed by atoms with van der Waals surface area (Å²) in [6.07, 6.45) is 0.273. The van der Waals surface area contributed by atoms with Crippen molar-refractivity contribution in [1.29, 1.82) is 0 Å². The minimum atomic E-state index is -0.954. The van der Waals surface area contributed by atoms with Crippen molar-refractivity contribution in [3.8, 4) is 23.0 Å². The van der Waals surface area contributed by atoms with Crippen LogP contribution in [0.5, 0.6) is 11.5 Å². The lowest BCUT2D eigenvalue weighted by atomic mass is 10.1. The summed E-state index contributed by atoms with van der Waals surface area (Å²) >= 11 is 0. The average molecular weight is 826 g/mol. The van der Waals surface area contributed by atoms with Gasteiger partial charge in [-0.2, -0.15) is 0 Å². The molecule has 0 aliphatic rings. The highest BCUT2D eigenvalue weighted by Gasteiger charge is 2.19. The lowest BCUT2D eigenvalue weighted by Gasteiger charge is -2.12. The molecule has 316 valence electrons. The van der Waals surface area contributed by atoms with E-state index in [0.29, 0.717) is 58.0 Å². The molecule has 5 aromatic carbocycles. The number of nitrogens with zero attached hydrogens (tertiary/aromatic N) is 1. The van der Waals surface area contributed by atoms with Gasteiger partial charge in [0.2, 0.25) is 5.89 Å². The van der Waals surface area contributed by atoms with E-state index in [0.717, 1.165) is 67.5 Å². The van der Waals surface area contributed by atoms with Crippen LogP contribution >= 0.6 is 0 Å². The average Bonchev–Trinajstić information content (AvgIpc) is 3.86. The smallest absolute Gasteiger partial charge is 0.333 e. The molecule has 0 aliphatic heterocycles. The van der Waals surface area contributed by atoms with E-state index in [-0.39, 0.29) is 0 Å². The number of furan rings is 1. The fourth-order valence-corrected chi connectivity index (χ4v) is 6.62. The SMILES string of the molecule is CCOC(Cc1ccc(OCCc2nc(-c3ccccc3)oc2C)cc1)C(=O)O.CCOC(Cc1ccc2oc(Cc3ccc(OCc4ccccc4)cc3)cc2c1)C(=O)O. The number of aromatic nitrogens is 1. The van der Waals surface area contributed by atoms with Gasteiger partial charge in [-0.25, -0.2) is 14.6 Å². The first-order valence-electron chi connectivity index (χ1n) is 20.4. The van der Waals surface area contributed by atoms with Crippen LogP contribution < -0.4 is 9.47 Å². The lowest BCUT2D eigenvalue weighted by Crippen LogP contribution is -2.26. The first kappa shape index (κ1) is 43.9. The lowest BCUT2D eigenvalue weighted by molar-refractivity contribution is -0.150. The van der Waals surface area contributed by atoms with Crippen molar-refractivity contribution in [1.82, 2.24) is 4.98 Å². The molecular weight excluding hydrogens is 775 g/mol. The van der Waals surface area contributed by atoms with Gasteiger partial charge >= 0.3 is 11.9 Å². The monoisotopic (exact) mass is 825 g/mol. The minimum absolute atomic E-state index is 0.323. The molecular formula is C50H51NO10. The Hall–Kier alpha value is -6.69. The summed E-state index contributed by atoms with van der Waals surface area (Å²) in [4.78, 5) is 27.1. The number of hydrogen-bond acceptors (Lipinski definition) is 9. The number of ether oxygens (including phenoxy) is 4. The predicted molar refractivity (Wildman–Crippen MR) is 232 cm³/mol. The van der Waals surface area contributed by atoms with Gasteiger partial charge in [-0.3, -0.25) is 0 Å². The minimum Gasteiger partial charge on any atom is -0.493 e. The van der Waals surface area contributed by atoms with Crippen LogP contribution in [0, 0.1) is 6.92 Å². The van der Waals surface area contributed by atoms with Crippen LogP contribution in [0.15, 0.2) is 142 Å². The fourth-order valence-electron chi connectivity index (χ4n) is 6.62. The van der Waals surface area contributed by atoms with Crippen LogP contribution in [0.1, 0.15) is 53.3 Å². The van der Waals surface area contributed by atoms with Crippen molar-refractivity contribution in [2.24, 2.45) is 0 Å². The molecule has 61 heavy (non-hydrogen) atoms. The Labute approximate surface area is 355 Å². The Morgan fingerprint density at radius 3 is 1.84 bits per heavy atom. The Kier molecular flexibility index (Phi) is 15.9. The topological polar surface area (TPSA) is 151 Å². The molecule has 0 spiro atoms. The van der Waals surface area contributed by atoms with Crippen molar-refractivity contribution in [2.45, 2.75) is 65.3 Å². The van der Waals surface area contributed by atoms with Gasteiger partial charge in [0, 0.05) is 49.8 Å². The molecule has 0 amide bonds. The standard InChI is InChI=1S/C27H26O5.C23H25NO5/c1-2-30-26(27(28)29)16-21-10-13-25-22(14-21)17-24(32-25)15-19-8-11-23(12-9-19)31-18-20-6-4-3-5-7-20;1-3-27-21(23(25)26)15-17-9-11-19(12-10-17)28-14-13-20-16(2)29-22(24-20)18-7-5-4-6-8-18/h3-14,17,26H,2,15-16,18H2,1H3,(H,28,29);4-12,21H,3,13-15H2,1-2H3,(H,25,26). The summed E-state index contributed by atoms with van der Waals surface area (Å²) in [6.45, 7) is 7.23. The number of rotatable bonds is 20. The number of oxazole rings is 1. The van der Waals surface area contributed by atoms with E-state index in [1.165, 1.54) is 0 Å². The molecule has 11 nitrogen and oxygen atoms in total. The highest BCUT2D eigenvalue weighted by molar-refractivity contribution is 5.79. The van der Waals surface area contributed by atoms with Crippen LogP contribution in [0.25, 0.3) is 22.4 Å². The second-order valence-corrected chi connectivity index (χ2v) is 14.3. The third kappa shape index (κ3) is 13.2. The molecule has 2 N–H and O–H groups in total. The molecule has 0 fully saturated rings. The van der Waals surface area contributed by atoms with Crippen LogP contribution in [-0.2, 0) is 51.4 Å². The maximum absolute atomic E-state index is 11.3. The van der Waals surface area contributed by atoms with Gasteiger partial charge in [-0.15, -0.1) is 0 Å². The van der Waals surface area contributed by atoms with Gasteiger partial charge in [0.25, 0.3) is 0 Å². The van der Waals surface area contributed by atoms with E-state index in [4.69, 9.17) is 27.8 Å². The van der Waals surface area contributed by atoms with E-state index in [1.807, 2.05) is 140 Å². The zero-order valence-electron chi connectivity index (χ0n) is 34.6. The molecule has 0 bridgehead atoms. The summed E-state index contributed by atoms with van der Waals surface area (Å²) in [5, 5.41) is 19.4. The first-order valence-corrected chi connectivity index (χ1v) is 20.4. The summed E-state index contributed by atoms with van der Waals surface area (Å²) in [7, 11) is 0. The van der Waals surface area contributed by atoms with Gasteiger partial charge in [0.15, 0.2) is 12.2 Å². The molecule has 2 unspecified atom stereocenters. The molecule has 2 heterocycles. The van der Waals surface area contributed by atoms with Crippen molar-refractivity contribution in [3.05, 3.63) is 173 Å². The molecule has 2 atom stereocenters. The molecule has 0 saturated carbocycles. The molecule has 2 aromatic heterocycles. The fraction of sp³-hybridized carbons (Fsp3) is 0.260. The number of benzene rings is 5. The van der Waals surface area contributed by atoms with E-state index < -0.39 is 24.1 Å².